The summed E-state index contributed by atoms with van der Waals surface area (Å²) in [4.78, 5) is 0. The summed E-state index contributed by atoms with van der Waals surface area (Å²) in [6.07, 6.45) is 0. The quantitative estimate of drug-likeness (QED) is 0.378. The Morgan fingerprint density at radius 1 is 0.722 bits per heavy atom. The molecule has 0 saturated carbocycles. The molecule has 0 bridgehead atoms. The molecule has 7 nitrogen and oxygen atoms in total. The third-order valence-corrected chi connectivity index (χ3v) is 0.835. The van der Waals surface area contributed by atoms with E-state index in [-0.39, 0.29) is 33.0 Å². The van der Waals surface area contributed by atoms with Crippen LogP contribution in [0.15, 0.2) is 0 Å². The highest BCUT2D eigenvalue weighted by molar-refractivity contribution is 4.18. The molecule has 0 aromatic heterocycles. The summed E-state index contributed by atoms with van der Waals surface area (Å²) in [5.41, 5.74) is 0. The Bertz CT molecular complexity index is 75.8. The summed E-state index contributed by atoms with van der Waals surface area (Å²) in [7, 11) is 1.55. The minimum Gasteiger partial charge on any atom is -0.397 e. The van der Waals surface area contributed by atoms with Crippen molar-refractivity contribution in [2.75, 3.05) is 60.0 Å². The van der Waals surface area contributed by atoms with Gasteiger partial charge in [-0.05, 0) is 13.8 Å². The van der Waals surface area contributed by atoms with E-state index in [1.165, 1.54) is 0 Å². The Morgan fingerprint density at radius 3 is 1.17 bits per heavy atom. The van der Waals surface area contributed by atoms with E-state index in [0.29, 0.717) is 19.8 Å². The third-order valence-electron chi connectivity index (χ3n) is 0.835. The van der Waals surface area contributed by atoms with E-state index >= 15 is 0 Å². The van der Waals surface area contributed by atoms with Crippen LogP contribution in [0.2, 0.25) is 0 Å². The second-order valence-electron chi connectivity index (χ2n) is 2.40. The fourth-order valence-electron chi connectivity index (χ4n) is 0.300. The molecule has 18 heavy (non-hydrogen) atoms. The molecule has 0 spiro atoms. The van der Waals surface area contributed by atoms with Crippen LogP contribution in [-0.4, -0.2) is 85.5 Å². The maximum absolute atomic E-state index is 8.07. The van der Waals surface area contributed by atoms with Crippen LogP contribution in [-0.2, 0) is 9.47 Å². The van der Waals surface area contributed by atoms with Crippen LogP contribution in [0.3, 0.4) is 0 Å². The number of methoxy groups -OCH3 is 1. The van der Waals surface area contributed by atoms with Crippen LogP contribution < -0.4 is 0 Å². The Morgan fingerprint density at radius 2 is 1.11 bits per heavy atom. The highest BCUT2D eigenvalue weighted by atomic mass is 16.5. The fourth-order valence-corrected chi connectivity index (χ4v) is 0.300. The van der Waals surface area contributed by atoms with E-state index in [0.717, 1.165) is 0 Å². The first kappa shape index (κ1) is 26.3. The van der Waals surface area contributed by atoms with Gasteiger partial charge in [-0.1, -0.05) is 0 Å². The molecule has 0 heterocycles. The van der Waals surface area contributed by atoms with Crippen molar-refractivity contribution in [3.05, 3.63) is 0 Å². The van der Waals surface area contributed by atoms with E-state index < -0.39 is 0 Å². The maximum Gasteiger partial charge on any atom is 0.0697 e. The lowest BCUT2D eigenvalue weighted by Gasteiger charge is -1.91. The summed E-state index contributed by atoms with van der Waals surface area (Å²) >= 11 is 0. The second kappa shape index (κ2) is 43.7. The molecule has 0 unspecified atom stereocenters. The molecule has 0 aliphatic carbocycles. The van der Waals surface area contributed by atoms with Gasteiger partial charge in [-0.2, -0.15) is 0 Å². The number of rotatable bonds is 6. The summed E-state index contributed by atoms with van der Waals surface area (Å²) in [6, 6.07) is 0. The first-order valence-electron chi connectivity index (χ1n) is 5.77. The molecular formula is C11H30O7. The van der Waals surface area contributed by atoms with Crippen LogP contribution in [0.1, 0.15) is 13.8 Å². The Kier molecular flexibility index (Phi) is 63.9. The maximum atomic E-state index is 8.07. The van der Waals surface area contributed by atoms with Crippen LogP contribution in [0, 0.1) is 0 Å². The predicted octanol–water partition coefficient (Wildman–Crippen LogP) is -1.39. The van der Waals surface area contributed by atoms with E-state index in [2.05, 4.69) is 4.74 Å². The van der Waals surface area contributed by atoms with Crippen molar-refractivity contribution >= 4 is 0 Å². The average Bonchev–Trinajstić information content (AvgIpc) is 2.39. The topological polar surface area (TPSA) is 120 Å². The molecule has 0 aromatic carbocycles. The first-order chi connectivity index (χ1) is 8.66. The van der Waals surface area contributed by atoms with E-state index in [9.17, 15) is 0 Å². The van der Waals surface area contributed by atoms with Crippen molar-refractivity contribution in [1.29, 1.82) is 0 Å². The molecule has 0 aromatic rings. The molecule has 0 radical (unpaired) electrons. The van der Waals surface area contributed by atoms with Crippen molar-refractivity contribution in [2.45, 2.75) is 13.8 Å². The van der Waals surface area contributed by atoms with Gasteiger partial charge in [0.15, 0.2) is 0 Å². The minimum atomic E-state index is -0.125. The van der Waals surface area contributed by atoms with Crippen molar-refractivity contribution in [2.24, 2.45) is 0 Å². The minimum absolute atomic E-state index is 0.122. The molecule has 0 aliphatic heterocycles. The zero-order valence-electron chi connectivity index (χ0n) is 11.7. The van der Waals surface area contributed by atoms with Crippen molar-refractivity contribution in [3.8, 4) is 0 Å². The highest BCUT2D eigenvalue weighted by Crippen LogP contribution is 1.66. The number of hydrogen-bond donors (Lipinski definition) is 5. The molecule has 0 saturated heterocycles. The summed E-state index contributed by atoms with van der Waals surface area (Å²) in [5.74, 6) is 0. The highest BCUT2D eigenvalue weighted by Gasteiger charge is 1.73. The molecule has 7 heteroatoms. The lowest BCUT2D eigenvalue weighted by atomic mass is 10.8. The van der Waals surface area contributed by atoms with Gasteiger partial charge in [0.1, 0.15) is 0 Å². The molecule has 5 N–H and O–H groups in total. The predicted molar refractivity (Wildman–Crippen MR) is 69.5 cm³/mol. The van der Waals surface area contributed by atoms with Gasteiger partial charge < -0.3 is 35.0 Å². The summed E-state index contributed by atoms with van der Waals surface area (Å²) in [5, 5.41) is 38.8. The lowest BCUT2D eigenvalue weighted by molar-refractivity contribution is 0.102. The smallest absolute Gasteiger partial charge is 0.0697 e. The molecule has 0 aliphatic rings. The van der Waals surface area contributed by atoms with Gasteiger partial charge >= 0.3 is 0 Å². The number of hydrogen-bond acceptors (Lipinski definition) is 7. The average molecular weight is 274 g/mol. The molecule has 0 atom stereocenters. The summed E-state index contributed by atoms with van der Waals surface area (Å²) < 4.78 is 9.17. The van der Waals surface area contributed by atoms with Gasteiger partial charge in [-0.3, -0.25) is 0 Å². The number of ether oxygens (including phenoxy) is 2. The molecule has 0 amide bonds. The number of aliphatic hydroxyl groups is 5. The summed E-state index contributed by atoms with van der Waals surface area (Å²) in [6.45, 7) is 5.44. The van der Waals surface area contributed by atoms with E-state index in [4.69, 9.17) is 30.3 Å². The van der Waals surface area contributed by atoms with Crippen molar-refractivity contribution < 1.29 is 35.0 Å². The SMILES string of the molecule is CCO.CCOCCO.COCCO.OCCO. The van der Waals surface area contributed by atoms with Crippen LogP contribution in [0.5, 0.6) is 0 Å². The van der Waals surface area contributed by atoms with Gasteiger partial charge in [0.25, 0.3) is 0 Å². The molecule has 116 valence electrons. The van der Waals surface area contributed by atoms with Gasteiger partial charge in [0.2, 0.25) is 0 Å². The molecule has 0 rings (SSSR count). The van der Waals surface area contributed by atoms with Gasteiger partial charge in [-0.25, -0.2) is 0 Å². The Labute approximate surface area is 110 Å². The van der Waals surface area contributed by atoms with Gasteiger partial charge in [0.05, 0.1) is 39.6 Å². The van der Waals surface area contributed by atoms with Crippen LogP contribution in [0.25, 0.3) is 0 Å². The lowest BCUT2D eigenvalue weighted by Crippen LogP contribution is -1.96. The zero-order chi connectivity index (χ0) is 15.1. The normalized spacial score (nSPS) is 8.00. The van der Waals surface area contributed by atoms with E-state index in [1.54, 1.807) is 14.0 Å². The first-order valence-corrected chi connectivity index (χ1v) is 5.77. The van der Waals surface area contributed by atoms with Gasteiger partial charge in [-0.15, -0.1) is 0 Å². The van der Waals surface area contributed by atoms with Crippen LogP contribution >= 0.6 is 0 Å². The van der Waals surface area contributed by atoms with Crippen molar-refractivity contribution in [3.63, 3.8) is 0 Å². The van der Waals surface area contributed by atoms with Gasteiger partial charge in [0, 0.05) is 20.3 Å². The second-order valence-corrected chi connectivity index (χ2v) is 2.40. The van der Waals surface area contributed by atoms with Crippen molar-refractivity contribution in [1.82, 2.24) is 0 Å². The Balaban J connectivity index is -0.0000000750. The largest absolute Gasteiger partial charge is 0.397 e. The van der Waals surface area contributed by atoms with Crippen LogP contribution in [0.4, 0.5) is 0 Å². The zero-order valence-corrected chi connectivity index (χ0v) is 11.7. The molecular weight excluding hydrogens is 244 g/mol. The molecule has 0 fully saturated rings. The third kappa shape index (κ3) is 104. The monoisotopic (exact) mass is 274 g/mol. The Hall–Kier alpha value is -0.280. The fraction of sp³-hybridized carbons (Fsp3) is 1.00. The standard InChI is InChI=1S/C4H10O2.C3H8O2.C2H6O2.C2H6O/c1-2-6-4-3-5;1-5-3-2-4;3-1-2-4;1-2-3/h5H,2-4H2,1H3;4H,2-3H2,1H3;3-4H,1-2H2;3H,2H2,1H3. The van der Waals surface area contributed by atoms with E-state index in [1.807, 2.05) is 6.92 Å². The number of aliphatic hydroxyl groups excluding tert-OH is 5.